The van der Waals surface area contributed by atoms with E-state index in [9.17, 15) is 9.59 Å². The molecular formula is C25H19N5O2. The van der Waals surface area contributed by atoms with Gasteiger partial charge in [0.15, 0.2) is 5.65 Å². The van der Waals surface area contributed by atoms with E-state index >= 15 is 0 Å². The minimum Gasteiger partial charge on any atom is -0.267 e. The zero-order valence-corrected chi connectivity index (χ0v) is 17.3. The Labute approximate surface area is 183 Å². The normalized spacial score (nSPS) is 10.9. The number of fused-ring (bicyclic) bond motifs is 1. The molecule has 0 spiro atoms. The lowest BCUT2D eigenvalue weighted by molar-refractivity contribution is 0.101. The van der Waals surface area contributed by atoms with Crippen LogP contribution in [0.2, 0.25) is 0 Å². The van der Waals surface area contributed by atoms with Crippen molar-refractivity contribution in [1.82, 2.24) is 19.4 Å². The zero-order valence-electron chi connectivity index (χ0n) is 17.3. The molecule has 32 heavy (non-hydrogen) atoms. The highest BCUT2D eigenvalue weighted by atomic mass is 16.2. The number of hydrogen-bond acceptors (Lipinski definition) is 4. The molecular weight excluding hydrogens is 402 g/mol. The molecule has 1 N–H and O–H groups in total. The van der Waals surface area contributed by atoms with Crippen LogP contribution in [-0.4, -0.2) is 25.3 Å². The van der Waals surface area contributed by atoms with Gasteiger partial charge in [0, 0.05) is 5.56 Å². The maximum Gasteiger partial charge on any atom is 0.283 e. The van der Waals surface area contributed by atoms with Crippen molar-refractivity contribution in [2.24, 2.45) is 0 Å². The van der Waals surface area contributed by atoms with Crippen LogP contribution in [0.5, 0.6) is 0 Å². The summed E-state index contributed by atoms with van der Waals surface area (Å²) in [6.07, 6.45) is 2.76. The maximum atomic E-state index is 12.9. The summed E-state index contributed by atoms with van der Waals surface area (Å²) in [5.41, 5.74) is 7.06. The molecule has 2 heterocycles. The predicted octanol–water partition coefficient (Wildman–Crippen LogP) is 3.94. The summed E-state index contributed by atoms with van der Waals surface area (Å²) in [4.78, 5) is 29.9. The van der Waals surface area contributed by atoms with Crippen molar-refractivity contribution in [2.75, 3.05) is 5.43 Å². The first-order valence-corrected chi connectivity index (χ1v) is 10.1. The number of aromatic nitrogens is 4. The zero-order chi connectivity index (χ0) is 22.1. The quantitative estimate of drug-likeness (QED) is 0.477. The van der Waals surface area contributed by atoms with Crippen LogP contribution in [0.4, 0.5) is 0 Å². The summed E-state index contributed by atoms with van der Waals surface area (Å²) in [7, 11) is 0. The molecule has 5 aromatic rings. The van der Waals surface area contributed by atoms with Crippen LogP contribution < -0.4 is 11.0 Å². The smallest absolute Gasteiger partial charge is 0.267 e. The molecule has 5 rings (SSSR count). The summed E-state index contributed by atoms with van der Waals surface area (Å²) < 4.78 is 2.68. The molecule has 2 aromatic heterocycles. The average Bonchev–Trinajstić information content (AvgIpc) is 3.27. The highest BCUT2D eigenvalue weighted by molar-refractivity contribution is 6.00. The summed E-state index contributed by atoms with van der Waals surface area (Å²) in [6.45, 7) is 2.00. The summed E-state index contributed by atoms with van der Waals surface area (Å²) in [6, 6.07) is 24.9. The Hall–Kier alpha value is -4.52. The second kappa shape index (κ2) is 7.96. The van der Waals surface area contributed by atoms with E-state index in [1.807, 2.05) is 73.7 Å². The first-order valence-electron chi connectivity index (χ1n) is 10.1. The molecule has 0 unspecified atom stereocenters. The highest BCUT2D eigenvalue weighted by Gasteiger charge is 2.14. The minimum atomic E-state index is -0.404. The standard InChI is InChI=1S/C25H19N5O2/c1-17-7-13-21(14-8-17)30-23-22(15-27-30)25(32)29(16-26-23)28-24(31)20-11-9-19(10-12-20)18-5-3-2-4-6-18/h2-16H,1H3,(H,28,31). The van der Waals surface area contributed by atoms with Gasteiger partial charge in [-0.25, -0.2) is 14.3 Å². The number of hydrogen-bond donors (Lipinski definition) is 1. The topological polar surface area (TPSA) is 81.8 Å². The molecule has 0 fully saturated rings. The van der Waals surface area contributed by atoms with Gasteiger partial charge in [-0.15, -0.1) is 0 Å². The van der Waals surface area contributed by atoms with Crippen LogP contribution in [0.3, 0.4) is 0 Å². The van der Waals surface area contributed by atoms with Crippen molar-refractivity contribution in [2.45, 2.75) is 6.92 Å². The van der Waals surface area contributed by atoms with Gasteiger partial charge in [-0.1, -0.05) is 60.2 Å². The van der Waals surface area contributed by atoms with Crippen LogP contribution in [0, 0.1) is 6.92 Å². The van der Waals surface area contributed by atoms with E-state index in [1.165, 1.54) is 12.5 Å². The minimum absolute atomic E-state index is 0.313. The molecule has 0 aliphatic carbocycles. The second-order valence-corrected chi connectivity index (χ2v) is 7.43. The van der Waals surface area contributed by atoms with E-state index in [-0.39, 0.29) is 0 Å². The third-order valence-electron chi connectivity index (χ3n) is 5.24. The van der Waals surface area contributed by atoms with Gasteiger partial charge in [0.25, 0.3) is 11.5 Å². The largest absolute Gasteiger partial charge is 0.283 e. The third-order valence-corrected chi connectivity index (χ3v) is 5.24. The van der Waals surface area contributed by atoms with Crippen molar-refractivity contribution >= 4 is 16.9 Å². The van der Waals surface area contributed by atoms with Gasteiger partial charge in [-0.3, -0.25) is 15.0 Å². The first-order chi connectivity index (χ1) is 15.6. The van der Waals surface area contributed by atoms with Crippen LogP contribution in [0.25, 0.3) is 27.8 Å². The number of nitrogens with one attached hydrogen (secondary N) is 1. The van der Waals surface area contributed by atoms with E-state index in [2.05, 4.69) is 15.5 Å². The fourth-order valence-electron chi connectivity index (χ4n) is 3.48. The van der Waals surface area contributed by atoms with Crippen molar-refractivity contribution in [1.29, 1.82) is 0 Å². The van der Waals surface area contributed by atoms with Gasteiger partial charge < -0.3 is 0 Å². The summed E-state index contributed by atoms with van der Waals surface area (Å²) in [5.74, 6) is -0.404. The predicted molar refractivity (Wildman–Crippen MR) is 123 cm³/mol. The molecule has 0 aliphatic rings. The molecule has 0 radical (unpaired) electrons. The fourth-order valence-corrected chi connectivity index (χ4v) is 3.48. The molecule has 3 aromatic carbocycles. The van der Waals surface area contributed by atoms with Gasteiger partial charge in [-0.2, -0.15) is 5.10 Å². The highest BCUT2D eigenvalue weighted by Crippen LogP contribution is 2.19. The Bertz CT molecular complexity index is 1470. The molecule has 1 amide bonds. The van der Waals surface area contributed by atoms with Crippen LogP contribution in [-0.2, 0) is 0 Å². The Morgan fingerprint density at radius 2 is 1.56 bits per heavy atom. The second-order valence-electron chi connectivity index (χ2n) is 7.43. The monoisotopic (exact) mass is 421 g/mol. The Morgan fingerprint density at radius 3 is 2.28 bits per heavy atom. The van der Waals surface area contributed by atoms with E-state index < -0.39 is 11.5 Å². The molecule has 0 aliphatic heterocycles. The van der Waals surface area contributed by atoms with Crippen molar-refractivity contribution in [3.8, 4) is 16.8 Å². The number of carbonyl (C=O) groups excluding carboxylic acids is 1. The maximum absolute atomic E-state index is 12.9. The lowest BCUT2D eigenvalue weighted by Crippen LogP contribution is -2.33. The van der Waals surface area contributed by atoms with Gasteiger partial charge in [0.2, 0.25) is 0 Å². The van der Waals surface area contributed by atoms with Crippen molar-refractivity contribution in [3.63, 3.8) is 0 Å². The first kappa shape index (κ1) is 19.4. The van der Waals surface area contributed by atoms with Gasteiger partial charge in [-0.05, 0) is 42.3 Å². The third kappa shape index (κ3) is 3.56. The fraction of sp³-hybridized carbons (Fsp3) is 0.0400. The number of aryl methyl sites for hydroxylation is 1. The number of rotatable bonds is 4. The van der Waals surface area contributed by atoms with Gasteiger partial charge >= 0.3 is 0 Å². The molecule has 0 saturated carbocycles. The van der Waals surface area contributed by atoms with Crippen molar-refractivity contribution < 1.29 is 4.79 Å². The van der Waals surface area contributed by atoms with Gasteiger partial charge in [0.1, 0.15) is 11.7 Å². The average molecular weight is 421 g/mol. The van der Waals surface area contributed by atoms with E-state index in [4.69, 9.17) is 0 Å². The Morgan fingerprint density at radius 1 is 0.875 bits per heavy atom. The molecule has 156 valence electrons. The molecule has 7 heteroatoms. The lowest BCUT2D eigenvalue weighted by atomic mass is 10.0. The number of benzene rings is 3. The summed E-state index contributed by atoms with van der Waals surface area (Å²) in [5, 5.41) is 4.61. The van der Waals surface area contributed by atoms with Crippen molar-refractivity contribution in [3.05, 3.63) is 113 Å². The lowest BCUT2D eigenvalue weighted by Gasteiger charge is -2.09. The number of amides is 1. The van der Waals surface area contributed by atoms with Crippen LogP contribution >= 0.6 is 0 Å². The van der Waals surface area contributed by atoms with E-state index in [0.717, 1.165) is 27.1 Å². The molecule has 0 saturated heterocycles. The Kier molecular flexibility index (Phi) is 4.84. The SMILES string of the molecule is Cc1ccc(-n2ncc3c(=O)n(NC(=O)c4ccc(-c5ccccc5)cc4)cnc32)cc1. The van der Waals surface area contributed by atoms with Gasteiger partial charge in [0.05, 0.1) is 11.9 Å². The molecule has 0 bridgehead atoms. The van der Waals surface area contributed by atoms with Crippen LogP contribution in [0.1, 0.15) is 15.9 Å². The van der Waals surface area contributed by atoms with E-state index in [0.29, 0.717) is 16.6 Å². The van der Waals surface area contributed by atoms with E-state index in [1.54, 1.807) is 16.8 Å². The van der Waals surface area contributed by atoms with Crippen LogP contribution in [0.15, 0.2) is 96.2 Å². The Balaban J connectivity index is 1.40. The molecule has 7 nitrogen and oxygen atoms in total. The molecule has 0 atom stereocenters. The summed E-state index contributed by atoms with van der Waals surface area (Å²) >= 11 is 0. The number of carbonyl (C=O) groups is 1. The number of nitrogens with zero attached hydrogens (tertiary/aromatic N) is 4.